The number of nitrogens with zero attached hydrogens (tertiary/aromatic N) is 3. The third-order valence-corrected chi connectivity index (χ3v) is 7.44. The Balaban J connectivity index is 1.85. The summed E-state index contributed by atoms with van der Waals surface area (Å²) in [6.45, 7) is 6.48. The van der Waals surface area contributed by atoms with Crippen molar-refractivity contribution in [2.45, 2.75) is 45.1 Å². The molecule has 182 valence electrons. The van der Waals surface area contributed by atoms with E-state index < -0.39 is 15.9 Å². The number of hydrogen-bond acceptors (Lipinski definition) is 6. The molecule has 1 aliphatic rings. The lowest BCUT2D eigenvalue weighted by molar-refractivity contribution is -0.132. The molecule has 0 saturated carbocycles. The Kier molecular flexibility index (Phi) is 8.41. The minimum Gasteiger partial charge on any atom is -0.492 e. The molecule has 1 heterocycles. The van der Waals surface area contributed by atoms with Crippen molar-refractivity contribution in [2.75, 3.05) is 25.0 Å². The molecule has 34 heavy (non-hydrogen) atoms. The molecule has 0 aliphatic carbocycles. The van der Waals surface area contributed by atoms with Gasteiger partial charge in [0, 0.05) is 31.6 Å². The first-order valence-corrected chi connectivity index (χ1v) is 12.7. The molecule has 0 spiro atoms. The molecule has 9 nitrogen and oxygen atoms in total. The summed E-state index contributed by atoms with van der Waals surface area (Å²) in [5.74, 6) is -0.419. The number of anilines is 1. The summed E-state index contributed by atoms with van der Waals surface area (Å²) in [6, 6.07) is 13.9. The second-order valence-electron chi connectivity index (χ2n) is 7.62. The second-order valence-corrected chi connectivity index (χ2v) is 9.53. The predicted octanol–water partition coefficient (Wildman–Crippen LogP) is 3.23. The van der Waals surface area contributed by atoms with Crippen LogP contribution in [0.2, 0.25) is 0 Å². The summed E-state index contributed by atoms with van der Waals surface area (Å²) in [5, 5.41) is 8.28. The van der Waals surface area contributed by atoms with Gasteiger partial charge in [-0.1, -0.05) is 44.2 Å². The molecule has 10 heteroatoms. The van der Waals surface area contributed by atoms with Crippen LogP contribution in [0.1, 0.15) is 39.2 Å². The fourth-order valence-corrected chi connectivity index (χ4v) is 5.23. The van der Waals surface area contributed by atoms with Crippen LogP contribution in [0.3, 0.4) is 0 Å². The van der Waals surface area contributed by atoms with Crippen LogP contribution >= 0.6 is 0 Å². The van der Waals surface area contributed by atoms with Gasteiger partial charge in [0.1, 0.15) is 16.4 Å². The van der Waals surface area contributed by atoms with Gasteiger partial charge in [0.25, 0.3) is 5.91 Å². The Labute approximate surface area is 200 Å². The molecule has 1 N–H and O–H groups in total. The van der Waals surface area contributed by atoms with Crippen molar-refractivity contribution in [1.29, 1.82) is 0 Å². The van der Waals surface area contributed by atoms with Crippen LogP contribution in [-0.2, 0) is 26.2 Å². The van der Waals surface area contributed by atoms with E-state index in [-0.39, 0.29) is 41.7 Å². The number of sulfonamides is 1. The van der Waals surface area contributed by atoms with Crippen LogP contribution in [0.4, 0.5) is 5.69 Å². The average Bonchev–Trinajstić information content (AvgIpc) is 2.82. The number of hydrogen-bond donors (Lipinski definition) is 1. The zero-order chi connectivity index (χ0) is 24.7. The number of amides is 2. The van der Waals surface area contributed by atoms with Gasteiger partial charge in [0.2, 0.25) is 15.9 Å². The molecule has 1 aliphatic heterocycles. The minimum absolute atomic E-state index is 0.0117. The lowest BCUT2D eigenvalue weighted by Crippen LogP contribution is -2.36. The largest absolute Gasteiger partial charge is 0.492 e. The highest BCUT2D eigenvalue weighted by Crippen LogP contribution is 2.30. The third kappa shape index (κ3) is 5.81. The first-order valence-electron chi connectivity index (χ1n) is 11.3. The molecule has 2 aromatic carbocycles. The molecule has 2 aromatic rings. The SMILES string of the molecule is CCOc1ccc(NC(=O)C2=NN(Cc3ccccc3)C(=O)CC2)cc1S(=O)(=O)N(CC)CC. The van der Waals surface area contributed by atoms with E-state index in [9.17, 15) is 18.0 Å². The lowest BCUT2D eigenvalue weighted by atomic mass is 10.1. The molecule has 3 rings (SSSR count). The highest BCUT2D eigenvalue weighted by atomic mass is 32.2. The Morgan fingerprint density at radius 2 is 1.79 bits per heavy atom. The second kappa shape index (κ2) is 11.3. The number of rotatable bonds is 10. The fraction of sp³-hybridized carbons (Fsp3) is 0.375. The molecular weight excluding hydrogens is 456 g/mol. The zero-order valence-electron chi connectivity index (χ0n) is 19.7. The predicted molar refractivity (Wildman–Crippen MR) is 130 cm³/mol. The van der Waals surface area contributed by atoms with Gasteiger partial charge >= 0.3 is 0 Å². The number of ether oxygens (including phenoxy) is 1. The summed E-state index contributed by atoms with van der Waals surface area (Å²) in [5.41, 5.74) is 1.41. The van der Waals surface area contributed by atoms with Crippen LogP contribution in [0, 0.1) is 0 Å². The molecule has 0 radical (unpaired) electrons. The number of nitrogens with one attached hydrogen (secondary N) is 1. The van der Waals surface area contributed by atoms with E-state index in [0.29, 0.717) is 25.4 Å². The molecule has 0 unspecified atom stereocenters. The van der Waals surface area contributed by atoms with Crippen molar-refractivity contribution in [3.8, 4) is 5.75 Å². The normalized spacial score (nSPS) is 14.2. The third-order valence-electron chi connectivity index (χ3n) is 5.37. The highest BCUT2D eigenvalue weighted by molar-refractivity contribution is 7.89. The Morgan fingerprint density at radius 3 is 2.44 bits per heavy atom. The Hall–Kier alpha value is -3.24. The van der Waals surface area contributed by atoms with Crippen LogP contribution in [0.5, 0.6) is 5.75 Å². The molecule has 0 fully saturated rings. The van der Waals surface area contributed by atoms with Gasteiger partial charge in [0.05, 0.1) is 13.2 Å². The van der Waals surface area contributed by atoms with E-state index in [1.54, 1.807) is 26.8 Å². The van der Waals surface area contributed by atoms with Gasteiger partial charge in [-0.25, -0.2) is 13.4 Å². The summed E-state index contributed by atoms with van der Waals surface area (Å²) < 4.78 is 33.2. The maximum atomic E-state index is 13.1. The van der Waals surface area contributed by atoms with E-state index in [4.69, 9.17) is 4.74 Å². The van der Waals surface area contributed by atoms with Crippen molar-refractivity contribution < 1.29 is 22.7 Å². The Bertz CT molecular complexity index is 1160. The molecule has 0 saturated heterocycles. The van der Waals surface area contributed by atoms with E-state index >= 15 is 0 Å². The summed E-state index contributed by atoms with van der Waals surface area (Å²) in [7, 11) is -3.81. The van der Waals surface area contributed by atoms with Crippen molar-refractivity contribution >= 4 is 33.2 Å². The fourth-order valence-electron chi connectivity index (χ4n) is 3.61. The molecule has 0 bridgehead atoms. The van der Waals surface area contributed by atoms with Crippen molar-refractivity contribution in [3.05, 3.63) is 54.1 Å². The first kappa shape index (κ1) is 25.4. The zero-order valence-corrected chi connectivity index (χ0v) is 20.5. The first-order chi connectivity index (χ1) is 16.3. The molecule has 0 atom stereocenters. The highest BCUT2D eigenvalue weighted by Gasteiger charge is 2.28. The molecular formula is C24H30N4O5S. The van der Waals surface area contributed by atoms with Gasteiger partial charge in [-0.3, -0.25) is 9.59 Å². The van der Waals surface area contributed by atoms with Gasteiger partial charge in [-0.2, -0.15) is 9.41 Å². The van der Waals surface area contributed by atoms with Gasteiger partial charge in [0.15, 0.2) is 0 Å². The van der Waals surface area contributed by atoms with Crippen molar-refractivity contribution in [2.24, 2.45) is 5.10 Å². The van der Waals surface area contributed by atoms with E-state index in [1.165, 1.54) is 21.4 Å². The van der Waals surface area contributed by atoms with Gasteiger partial charge < -0.3 is 10.1 Å². The standard InChI is InChI=1S/C24H30N4O5S/c1-4-27(5-2)34(31,32)22-16-19(12-14-21(22)33-6-3)25-24(30)20-13-15-23(29)28(26-20)17-18-10-8-7-9-11-18/h7-12,14,16H,4-6,13,15,17H2,1-3H3,(H,25,30). The lowest BCUT2D eigenvalue weighted by Gasteiger charge is -2.23. The van der Waals surface area contributed by atoms with Gasteiger partial charge in [-0.05, 0) is 30.7 Å². The maximum Gasteiger partial charge on any atom is 0.271 e. The van der Waals surface area contributed by atoms with Gasteiger partial charge in [-0.15, -0.1) is 0 Å². The topological polar surface area (TPSA) is 108 Å². The van der Waals surface area contributed by atoms with Crippen LogP contribution in [-0.4, -0.2) is 55.0 Å². The number of benzene rings is 2. The number of carbonyl (C=O) groups is 2. The molecule has 2 amide bonds. The quantitative estimate of drug-likeness (QED) is 0.555. The average molecular weight is 487 g/mol. The maximum absolute atomic E-state index is 13.1. The Morgan fingerprint density at radius 1 is 1.09 bits per heavy atom. The van der Waals surface area contributed by atoms with Crippen LogP contribution in [0.15, 0.2) is 58.5 Å². The smallest absolute Gasteiger partial charge is 0.271 e. The monoisotopic (exact) mass is 486 g/mol. The molecule has 0 aromatic heterocycles. The summed E-state index contributed by atoms with van der Waals surface area (Å²) in [4.78, 5) is 25.2. The summed E-state index contributed by atoms with van der Waals surface area (Å²) >= 11 is 0. The van der Waals surface area contributed by atoms with Crippen molar-refractivity contribution in [1.82, 2.24) is 9.31 Å². The summed E-state index contributed by atoms with van der Waals surface area (Å²) in [6.07, 6.45) is 0.377. The number of hydrazone groups is 1. The van der Waals surface area contributed by atoms with E-state index in [0.717, 1.165) is 5.56 Å². The number of carbonyl (C=O) groups excluding carboxylic acids is 2. The minimum atomic E-state index is -3.81. The van der Waals surface area contributed by atoms with Crippen LogP contribution < -0.4 is 10.1 Å². The van der Waals surface area contributed by atoms with Crippen LogP contribution in [0.25, 0.3) is 0 Å². The van der Waals surface area contributed by atoms with E-state index in [1.807, 2.05) is 30.3 Å². The van der Waals surface area contributed by atoms with E-state index in [2.05, 4.69) is 10.4 Å². The van der Waals surface area contributed by atoms with Crippen molar-refractivity contribution in [3.63, 3.8) is 0 Å².